The van der Waals surface area contributed by atoms with Crippen LogP contribution in [0.3, 0.4) is 0 Å². The lowest BCUT2D eigenvalue weighted by Gasteiger charge is -2.39. The summed E-state index contributed by atoms with van der Waals surface area (Å²) in [5.74, 6) is 0.314. The molecule has 0 heterocycles. The van der Waals surface area contributed by atoms with Gasteiger partial charge in [-0.1, -0.05) is 31.4 Å². The van der Waals surface area contributed by atoms with E-state index in [1.165, 1.54) is 6.42 Å². The molecule has 23 heavy (non-hydrogen) atoms. The zero-order valence-corrected chi connectivity index (χ0v) is 13.6. The second-order valence-electron chi connectivity index (χ2n) is 6.53. The molecule has 0 aliphatic heterocycles. The molecule has 0 radical (unpaired) electrons. The summed E-state index contributed by atoms with van der Waals surface area (Å²) in [6, 6.07) is 8.96. The van der Waals surface area contributed by atoms with Gasteiger partial charge in [0.1, 0.15) is 0 Å². The lowest BCUT2D eigenvalue weighted by Crippen LogP contribution is -2.57. The van der Waals surface area contributed by atoms with E-state index in [-0.39, 0.29) is 12.6 Å². The topological polar surface area (TPSA) is 85.2 Å². The first-order chi connectivity index (χ1) is 11.1. The number of urea groups is 1. The number of nitriles is 1. The van der Waals surface area contributed by atoms with Gasteiger partial charge in [-0.25, -0.2) is 4.79 Å². The number of hydrogen-bond acceptors (Lipinski definition) is 3. The molecule has 0 saturated heterocycles. The van der Waals surface area contributed by atoms with Crippen LogP contribution in [0.5, 0.6) is 0 Å². The first-order valence-electron chi connectivity index (χ1n) is 8.23. The number of nitrogens with zero attached hydrogens (tertiary/aromatic N) is 1. The van der Waals surface area contributed by atoms with Gasteiger partial charge in [0.05, 0.1) is 23.8 Å². The predicted octanol–water partition coefficient (Wildman–Crippen LogP) is 2.69. The Morgan fingerprint density at radius 1 is 1.39 bits per heavy atom. The lowest BCUT2D eigenvalue weighted by molar-refractivity contribution is 0.101. The summed E-state index contributed by atoms with van der Waals surface area (Å²) >= 11 is 0. The first-order valence-corrected chi connectivity index (χ1v) is 8.23. The molecule has 2 rings (SSSR count). The normalized spacial score (nSPS) is 17.8. The van der Waals surface area contributed by atoms with Gasteiger partial charge in [0.15, 0.2) is 0 Å². The van der Waals surface area contributed by atoms with E-state index in [4.69, 9.17) is 5.26 Å². The Morgan fingerprint density at radius 3 is 2.78 bits per heavy atom. The number of carbonyl (C=O) groups excluding carboxylic acids is 1. The van der Waals surface area contributed by atoms with Crippen molar-refractivity contribution in [3.63, 3.8) is 0 Å². The second kappa shape index (κ2) is 7.98. The highest BCUT2D eigenvalue weighted by Crippen LogP contribution is 2.32. The van der Waals surface area contributed by atoms with Crippen molar-refractivity contribution in [1.82, 2.24) is 10.6 Å². The molecule has 5 nitrogen and oxygen atoms in total. The molecule has 124 valence electrons. The maximum atomic E-state index is 12.2. The Kier molecular flexibility index (Phi) is 6.00. The minimum Gasteiger partial charge on any atom is -0.394 e. The fourth-order valence-electron chi connectivity index (χ4n) is 3.25. The van der Waals surface area contributed by atoms with Crippen LogP contribution < -0.4 is 10.6 Å². The molecule has 1 aliphatic carbocycles. The van der Waals surface area contributed by atoms with Gasteiger partial charge < -0.3 is 15.7 Å². The predicted molar refractivity (Wildman–Crippen MR) is 88.6 cm³/mol. The molecule has 3 N–H and O–H groups in total. The average Bonchev–Trinajstić information content (AvgIpc) is 2.60. The van der Waals surface area contributed by atoms with Crippen LogP contribution in [-0.4, -0.2) is 23.3 Å². The van der Waals surface area contributed by atoms with Crippen LogP contribution >= 0.6 is 0 Å². The fraction of sp³-hybridized carbons (Fsp3) is 0.556. The Hall–Kier alpha value is -2.06. The van der Waals surface area contributed by atoms with Gasteiger partial charge in [-0.2, -0.15) is 5.26 Å². The summed E-state index contributed by atoms with van der Waals surface area (Å²) < 4.78 is 0. The van der Waals surface area contributed by atoms with Crippen LogP contribution in [0.25, 0.3) is 0 Å². The van der Waals surface area contributed by atoms with Crippen molar-refractivity contribution in [2.45, 2.75) is 51.1 Å². The number of carbonyl (C=O) groups is 1. The van der Waals surface area contributed by atoms with Crippen molar-refractivity contribution in [1.29, 1.82) is 5.26 Å². The van der Waals surface area contributed by atoms with Gasteiger partial charge in [-0.15, -0.1) is 0 Å². The van der Waals surface area contributed by atoms with Gasteiger partial charge >= 0.3 is 6.03 Å². The molecule has 1 aromatic rings. The summed E-state index contributed by atoms with van der Waals surface area (Å²) in [5.41, 5.74) is 0.869. The minimum atomic E-state index is -0.584. The molecular formula is C18H25N3O2. The van der Waals surface area contributed by atoms with Crippen LogP contribution in [0.15, 0.2) is 24.3 Å². The molecule has 5 heteroatoms. The van der Waals surface area contributed by atoms with Crippen molar-refractivity contribution in [2.75, 3.05) is 6.61 Å². The third-order valence-corrected chi connectivity index (χ3v) is 4.74. The molecule has 1 atom stereocenters. The van der Waals surface area contributed by atoms with Gasteiger partial charge in [-0.3, -0.25) is 0 Å². The van der Waals surface area contributed by atoms with Gasteiger partial charge in [-0.05, 0) is 43.4 Å². The summed E-state index contributed by atoms with van der Waals surface area (Å²) in [6.07, 6.45) is 5.64. The van der Waals surface area contributed by atoms with Crippen molar-refractivity contribution in [3.05, 3.63) is 35.4 Å². The van der Waals surface area contributed by atoms with E-state index in [9.17, 15) is 9.90 Å². The number of amides is 2. The minimum absolute atomic E-state index is 0.0605. The summed E-state index contributed by atoms with van der Waals surface area (Å²) in [7, 11) is 0. The molecule has 0 spiro atoms. The molecule has 0 bridgehead atoms. The Labute approximate surface area is 137 Å². The van der Waals surface area contributed by atoms with E-state index in [1.807, 2.05) is 13.0 Å². The SMILES string of the molecule is C[C@@](CO)(NC(=O)NCc1cccc(C#N)c1)C1CCCCC1. The highest BCUT2D eigenvalue weighted by Gasteiger charge is 2.35. The Morgan fingerprint density at radius 2 is 2.13 bits per heavy atom. The zero-order chi connectivity index (χ0) is 16.7. The number of aliphatic hydroxyl groups excluding tert-OH is 1. The van der Waals surface area contributed by atoms with Gasteiger partial charge in [0.2, 0.25) is 0 Å². The van der Waals surface area contributed by atoms with Crippen LogP contribution in [0, 0.1) is 17.2 Å². The molecule has 1 fully saturated rings. The highest BCUT2D eigenvalue weighted by molar-refractivity contribution is 5.74. The maximum Gasteiger partial charge on any atom is 0.315 e. The molecule has 1 saturated carbocycles. The summed E-state index contributed by atoms with van der Waals surface area (Å²) in [5, 5.41) is 24.4. The van der Waals surface area contributed by atoms with Crippen LogP contribution in [0.1, 0.15) is 50.2 Å². The quantitative estimate of drug-likeness (QED) is 0.781. The Balaban J connectivity index is 1.90. The largest absolute Gasteiger partial charge is 0.394 e. The van der Waals surface area contributed by atoms with Gasteiger partial charge in [0.25, 0.3) is 0 Å². The summed E-state index contributed by atoms with van der Waals surface area (Å²) in [6.45, 7) is 2.21. The number of hydrogen-bond donors (Lipinski definition) is 3. The number of nitrogens with one attached hydrogen (secondary N) is 2. The lowest BCUT2D eigenvalue weighted by atomic mass is 9.76. The Bertz CT molecular complexity index is 576. The van der Waals surface area contributed by atoms with E-state index in [2.05, 4.69) is 16.7 Å². The number of rotatable bonds is 5. The standard InChI is InChI=1S/C18H25N3O2/c1-18(13-22,16-8-3-2-4-9-16)21-17(23)20-12-15-7-5-6-14(10-15)11-19/h5-7,10,16,22H,2-4,8-9,12-13H2,1H3,(H2,20,21,23)/t18-/m0/s1. The monoisotopic (exact) mass is 315 g/mol. The second-order valence-corrected chi connectivity index (χ2v) is 6.53. The number of aliphatic hydroxyl groups is 1. The first kappa shape index (κ1) is 17.3. The van der Waals surface area contributed by atoms with Crippen molar-refractivity contribution < 1.29 is 9.90 Å². The van der Waals surface area contributed by atoms with Crippen molar-refractivity contribution in [3.8, 4) is 6.07 Å². The van der Waals surface area contributed by atoms with E-state index >= 15 is 0 Å². The molecular weight excluding hydrogens is 290 g/mol. The summed E-state index contributed by atoms with van der Waals surface area (Å²) in [4.78, 5) is 12.2. The molecule has 0 unspecified atom stereocenters. The third kappa shape index (κ3) is 4.70. The smallest absolute Gasteiger partial charge is 0.315 e. The van der Waals surface area contributed by atoms with Gasteiger partial charge in [0, 0.05) is 6.54 Å². The molecule has 2 amide bonds. The van der Waals surface area contributed by atoms with E-state index in [0.717, 1.165) is 31.2 Å². The molecule has 0 aromatic heterocycles. The van der Waals surface area contributed by atoms with Crippen molar-refractivity contribution >= 4 is 6.03 Å². The number of benzene rings is 1. The third-order valence-electron chi connectivity index (χ3n) is 4.74. The molecule has 1 aromatic carbocycles. The van der Waals surface area contributed by atoms with Crippen LogP contribution in [-0.2, 0) is 6.54 Å². The van der Waals surface area contributed by atoms with Crippen LogP contribution in [0.4, 0.5) is 4.79 Å². The molecule has 1 aliphatic rings. The fourth-order valence-corrected chi connectivity index (χ4v) is 3.25. The van der Waals surface area contributed by atoms with Crippen LogP contribution in [0.2, 0.25) is 0 Å². The van der Waals surface area contributed by atoms with Crippen molar-refractivity contribution in [2.24, 2.45) is 5.92 Å². The maximum absolute atomic E-state index is 12.2. The van der Waals surface area contributed by atoms with E-state index in [1.54, 1.807) is 18.2 Å². The zero-order valence-electron chi connectivity index (χ0n) is 13.6. The highest BCUT2D eigenvalue weighted by atomic mass is 16.3. The average molecular weight is 315 g/mol. The van der Waals surface area contributed by atoms with E-state index in [0.29, 0.717) is 18.0 Å². The van der Waals surface area contributed by atoms with E-state index < -0.39 is 5.54 Å².